The lowest BCUT2D eigenvalue weighted by atomic mass is 10.2. The molecule has 0 spiro atoms. The van der Waals surface area contributed by atoms with Gasteiger partial charge in [0.15, 0.2) is 0 Å². The second kappa shape index (κ2) is 4.18. The summed E-state index contributed by atoms with van der Waals surface area (Å²) in [5.74, 6) is 0.188. The van der Waals surface area contributed by atoms with Gasteiger partial charge in [0.25, 0.3) is 0 Å². The number of anilines is 3. The summed E-state index contributed by atoms with van der Waals surface area (Å²) in [6.07, 6.45) is 1.61. The van der Waals surface area contributed by atoms with Gasteiger partial charge in [-0.15, -0.1) is 0 Å². The van der Waals surface area contributed by atoms with Crippen molar-refractivity contribution in [3.63, 3.8) is 0 Å². The number of nitrogens with two attached hydrogens (primary N) is 1. The largest absolute Gasteiger partial charge is 0.384 e. The van der Waals surface area contributed by atoms with Crippen molar-refractivity contribution in [3.05, 3.63) is 48.4 Å². The summed E-state index contributed by atoms with van der Waals surface area (Å²) in [4.78, 5) is 5.69. The Morgan fingerprint density at radius 3 is 2.56 bits per heavy atom. The van der Waals surface area contributed by atoms with Gasteiger partial charge in [0, 0.05) is 7.05 Å². The molecule has 0 aliphatic rings. The smallest absolute Gasteiger partial charge is 0.146 e. The molecule has 0 unspecified atom stereocenters. The Bertz CT molecular complexity index is 482. The Morgan fingerprint density at radius 1 is 1.19 bits per heavy atom. The molecule has 82 valence electrons. The maximum atomic E-state index is 13.5. The van der Waals surface area contributed by atoms with Gasteiger partial charge in [-0.2, -0.15) is 0 Å². The molecule has 1 aromatic heterocycles. The van der Waals surface area contributed by atoms with Crippen LogP contribution in [0, 0.1) is 5.82 Å². The average molecular weight is 217 g/mol. The van der Waals surface area contributed by atoms with Crippen molar-refractivity contribution >= 4 is 17.2 Å². The standard InChI is InChI=1S/C12H12FN3/c1-16(9-6-7-12(14)15-8-9)11-5-3-2-4-10(11)13/h2-8H,1H3,(H2,14,15). The topological polar surface area (TPSA) is 42.1 Å². The molecule has 1 heterocycles. The minimum Gasteiger partial charge on any atom is -0.384 e. The van der Waals surface area contributed by atoms with Crippen LogP contribution in [0.3, 0.4) is 0 Å². The van der Waals surface area contributed by atoms with Crippen molar-refractivity contribution in [2.24, 2.45) is 0 Å². The van der Waals surface area contributed by atoms with Gasteiger partial charge in [-0.25, -0.2) is 9.37 Å². The molecule has 0 atom stereocenters. The summed E-state index contributed by atoms with van der Waals surface area (Å²) < 4.78 is 13.5. The third-order valence-electron chi connectivity index (χ3n) is 2.37. The number of pyridine rings is 1. The number of nitrogen functional groups attached to an aromatic ring is 1. The molecule has 2 aromatic rings. The molecule has 3 nitrogen and oxygen atoms in total. The molecular weight excluding hydrogens is 205 g/mol. The molecule has 0 saturated heterocycles. The van der Waals surface area contributed by atoms with E-state index in [0.29, 0.717) is 11.5 Å². The Morgan fingerprint density at radius 2 is 1.94 bits per heavy atom. The Labute approximate surface area is 93.3 Å². The van der Waals surface area contributed by atoms with Crippen LogP contribution in [0.5, 0.6) is 0 Å². The molecule has 0 fully saturated rings. The Balaban J connectivity index is 2.35. The van der Waals surface area contributed by atoms with Gasteiger partial charge in [0.05, 0.1) is 17.6 Å². The number of nitrogens with zero attached hydrogens (tertiary/aromatic N) is 2. The van der Waals surface area contributed by atoms with E-state index in [1.807, 2.05) is 0 Å². The lowest BCUT2D eigenvalue weighted by Crippen LogP contribution is -2.11. The van der Waals surface area contributed by atoms with Crippen LogP contribution in [0.1, 0.15) is 0 Å². The van der Waals surface area contributed by atoms with E-state index in [1.54, 1.807) is 48.5 Å². The van der Waals surface area contributed by atoms with E-state index in [2.05, 4.69) is 4.98 Å². The predicted molar refractivity (Wildman–Crippen MR) is 63.1 cm³/mol. The lowest BCUT2D eigenvalue weighted by molar-refractivity contribution is 0.627. The Kier molecular flexibility index (Phi) is 2.72. The number of halogens is 1. The summed E-state index contributed by atoms with van der Waals surface area (Å²) in [6, 6.07) is 10.1. The zero-order chi connectivity index (χ0) is 11.5. The first-order valence-electron chi connectivity index (χ1n) is 4.88. The molecule has 0 aliphatic heterocycles. The summed E-state index contributed by atoms with van der Waals surface area (Å²) in [6.45, 7) is 0. The third-order valence-corrected chi connectivity index (χ3v) is 2.37. The van der Waals surface area contributed by atoms with Crippen molar-refractivity contribution in [1.82, 2.24) is 4.98 Å². The maximum absolute atomic E-state index is 13.5. The SMILES string of the molecule is CN(c1ccc(N)nc1)c1ccccc1F. The first kappa shape index (κ1) is 10.4. The van der Waals surface area contributed by atoms with E-state index >= 15 is 0 Å². The van der Waals surface area contributed by atoms with Crippen LogP contribution in [0.25, 0.3) is 0 Å². The average Bonchev–Trinajstić information content (AvgIpc) is 2.30. The van der Waals surface area contributed by atoms with Gasteiger partial charge >= 0.3 is 0 Å². The number of benzene rings is 1. The zero-order valence-electron chi connectivity index (χ0n) is 8.89. The van der Waals surface area contributed by atoms with Crippen molar-refractivity contribution in [2.45, 2.75) is 0 Å². The third kappa shape index (κ3) is 1.95. The molecule has 0 radical (unpaired) electrons. The van der Waals surface area contributed by atoms with E-state index in [9.17, 15) is 4.39 Å². The fourth-order valence-corrected chi connectivity index (χ4v) is 1.46. The summed E-state index contributed by atoms with van der Waals surface area (Å²) in [5.41, 5.74) is 6.79. The molecule has 1 aromatic carbocycles. The number of aromatic nitrogens is 1. The quantitative estimate of drug-likeness (QED) is 0.840. The first-order valence-corrected chi connectivity index (χ1v) is 4.88. The molecule has 0 amide bonds. The second-order valence-electron chi connectivity index (χ2n) is 3.45. The van der Waals surface area contributed by atoms with Crippen LogP contribution in [0.2, 0.25) is 0 Å². The van der Waals surface area contributed by atoms with E-state index < -0.39 is 0 Å². The van der Waals surface area contributed by atoms with Crippen LogP contribution in [0.4, 0.5) is 21.6 Å². The second-order valence-corrected chi connectivity index (χ2v) is 3.45. The molecule has 0 bridgehead atoms. The van der Waals surface area contributed by atoms with Crippen LogP contribution in [-0.2, 0) is 0 Å². The summed E-state index contributed by atoms with van der Waals surface area (Å²) in [5, 5.41) is 0. The highest BCUT2D eigenvalue weighted by atomic mass is 19.1. The molecule has 16 heavy (non-hydrogen) atoms. The summed E-state index contributed by atoms with van der Waals surface area (Å²) in [7, 11) is 1.78. The van der Waals surface area contributed by atoms with Crippen molar-refractivity contribution < 1.29 is 4.39 Å². The lowest BCUT2D eigenvalue weighted by Gasteiger charge is -2.19. The van der Waals surface area contributed by atoms with E-state index in [4.69, 9.17) is 5.73 Å². The van der Waals surface area contributed by atoms with Gasteiger partial charge in [0.1, 0.15) is 11.6 Å². The highest BCUT2D eigenvalue weighted by Gasteiger charge is 2.08. The molecular formula is C12H12FN3. The van der Waals surface area contributed by atoms with Gasteiger partial charge in [-0.1, -0.05) is 12.1 Å². The minimum absolute atomic E-state index is 0.262. The van der Waals surface area contributed by atoms with Gasteiger partial charge in [-0.3, -0.25) is 0 Å². The molecule has 2 N–H and O–H groups in total. The van der Waals surface area contributed by atoms with E-state index in [-0.39, 0.29) is 5.82 Å². The van der Waals surface area contributed by atoms with Crippen LogP contribution < -0.4 is 10.6 Å². The number of rotatable bonds is 2. The van der Waals surface area contributed by atoms with Crippen molar-refractivity contribution in [3.8, 4) is 0 Å². The fraction of sp³-hybridized carbons (Fsp3) is 0.0833. The van der Waals surface area contributed by atoms with Crippen molar-refractivity contribution in [1.29, 1.82) is 0 Å². The summed E-state index contributed by atoms with van der Waals surface area (Å²) >= 11 is 0. The molecule has 2 rings (SSSR count). The maximum Gasteiger partial charge on any atom is 0.146 e. The molecule has 4 heteroatoms. The molecule has 0 saturated carbocycles. The highest BCUT2D eigenvalue weighted by Crippen LogP contribution is 2.25. The van der Waals surface area contributed by atoms with Crippen LogP contribution >= 0.6 is 0 Å². The van der Waals surface area contributed by atoms with Crippen LogP contribution in [0.15, 0.2) is 42.6 Å². The zero-order valence-corrected chi connectivity index (χ0v) is 8.89. The number of hydrogen-bond acceptors (Lipinski definition) is 3. The normalized spacial score (nSPS) is 10.1. The van der Waals surface area contributed by atoms with Gasteiger partial charge in [0.2, 0.25) is 0 Å². The minimum atomic E-state index is -0.262. The fourth-order valence-electron chi connectivity index (χ4n) is 1.46. The Hall–Kier alpha value is -2.10. The number of para-hydroxylation sites is 1. The first-order chi connectivity index (χ1) is 7.68. The highest BCUT2D eigenvalue weighted by molar-refractivity contribution is 5.62. The van der Waals surface area contributed by atoms with Gasteiger partial charge < -0.3 is 10.6 Å². The van der Waals surface area contributed by atoms with E-state index in [1.165, 1.54) is 6.07 Å². The number of hydrogen-bond donors (Lipinski definition) is 1. The van der Waals surface area contributed by atoms with Crippen molar-refractivity contribution in [2.75, 3.05) is 17.7 Å². The predicted octanol–water partition coefficient (Wildman–Crippen LogP) is 2.57. The van der Waals surface area contributed by atoms with Crippen LogP contribution in [-0.4, -0.2) is 12.0 Å². The van der Waals surface area contributed by atoms with E-state index in [0.717, 1.165) is 5.69 Å². The monoisotopic (exact) mass is 217 g/mol. The van der Waals surface area contributed by atoms with Gasteiger partial charge in [-0.05, 0) is 24.3 Å². The molecule has 0 aliphatic carbocycles.